The van der Waals surface area contributed by atoms with Crippen LogP contribution in [-0.4, -0.2) is 25.4 Å². The fourth-order valence-electron chi connectivity index (χ4n) is 3.22. The van der Waals surface area contributed by atoms with Gasteiger partial charge in [-0.3, -0.25) is 4.57 Å². The summed E-state index contributed by atoms with van der Waals surface area (Å²) in [6.07, 6.45) is 1.88. The molecule has 1 N–H and O–H groups in total. The van der Waals surface area contributed by atoms with E-state index < -0.39 is 12.0 Å². The zero-order valence-corrected chi connectivity index (χ0v) is 13.7. The van der Waals surface area contributed by atoms with Crippen molar-refractivity contribution in [3.63, 3.8) is 0 Å². The first kappa shape index (κ1) is 15.5. The average molecular weight is 315 g/mol. The van der Waals surface area contributed by atoms with Crippen molar-refractivity contribution in [1.82, 2.24) is 14.3 Å². The molecule has 2 heterocycles. The smallest absolute Gasteiger partial charge is 0.347 e. The van der Waals surface area contributed by atoms with Crippen LogP contribution in [0.1, 0.15) is 47.0 Å². The van der Waals surface area contributed by atoms with Gasteiger partial charge in [-0.25, -0.2) is 14.3 Å². The predicted octanol–water partition coefficient (Wildman–Crippen LogP) is 1.98. The number of nitrogens with zero attached hydrogens (tertiary/aromatic N) is 3. The molecule has 0 amide bonds. The van der Waals surface area contributed by atoms with Crippen LogP contribution in [0.3, 0.4) is 0 Å². The minimum absolute atomic E-state index is 0.329. The number of aliphatic carboxylic acids is 1. The van der Waals surface area contributed by atoms with Crippen molar-refractivity contribution in [2.24, 2.45) is 0 Å². The van der Waals surface area contributed by atoms with Gasteiger partial charge in [-0.15, -0.1) is 0 Å². The third-order valence-electron chi connectivity index (χ3n) is 4.69. The number of hydrogen-bond acceptors (Lipinski definition) is 3. The van der Waals surface area contributed by atoms with Crippen molar-refractivity contribution >= 4 is 5.97 Å². The number of aryl methyl sites for hydroxylation is 4. The number of carboxylic acid groups (broad SMARTS) is 1. The summed E-state index contributed by atoms with van der Waals surface area (Å²) in [4.78, 5) is 24.0. The fraction of sp³-hybridized carbons (Fsp3) is 0.471. The van der Waals surface area contributed by atoms with Gasteiger partial charge in [-0.2, -0.15) is 5.10 Å². The molecular formula is C17H21N3O3. The number of aromatic nitrogens is 3. The maximum Gasteiger partial charge on any atom is 0.347 e. The van der Waals surface area contributed by atoms with Crippen LogP contribution >= 0.6 is 0 Å². The molecule has 1 atom stereocenters. The van der Waals surface area contributed by atoms with Crippen molar-refractivity contribution in [2.75, 3.05) is 0 Å². The molecule has 0 bridgehead atoms. The highest BCUT2D eigenvalue weighted by Crippen LogP contribution is 2.22. The minimum Gasteiger partial charge on any atom is -0.480 e. The molecule has 0 spiro atoms. The summed E-state index contributed by atoms with van der Waals surface area (Å²) in [5, 5.41) is 13.7. The third kappa shape index (κ3) is 2.69. The molecule has 1 aliphatic rings. The molecule has 1 aromatic heterocycles. The molecule has 0 aliphatic carbocycles. The van der Waals surface area contributed by atoms with Gasteiger partial charge in [-0.1, -0.05) is 12.1 Å². The second-order valence-electron chi connectivity index (χ2n) is 6.34. The van der Waals surface area contributed by atoms with E-state index >= 15 is 0 Å². The van der Waals surface area contributed by atoms with E-state index in [1.807, 2.05) is 13.8 Å². The Hall–Kier alpha value is -2.37. The Morgan fingerprint density at radius 1 is 1.26 bits per heavy atom. The van der Waals surface area contributed by atoms with Gasteiger partial charge in [0, 0.05) is 6.42 Å². The normalized spacial score (nSPS) is 17.1. The molecule has 0 saturated carbocycles. The van der Waals surface area contributed by atoms with E-state index in [2.05, 4.69) is 24.2 Å². The van der Waals surface area contributed by atoms with Gasteiger partial charge < -0.3 is 5.11 Å². The molecule has 1 aliphatic heterocycles. The first-order chi connectivity index (χ1) is 10.9. The van der Waals surface area contributed by atoms with Crippen LogP contribution < -0.4 is 5.69 Å². The Labute approximate surface area is 134 Å². The number of fused-ring (bicyclic) bond motifs is 1. The lowest BCUT2D eigenvalue weighted by atomic mass is 10.0. The largest absolute Gasteiger partial charge is 0.480 e. The van der Waals surface area contributed by atoms with Crippen LogP contribution in [0.5, 0.6) is 0 Å². The summed E-state index contributed by atoms with van der Waals surface area (Å²) in [6, 6.07) is 3.39. The van der Waals surface area contributed by atoms with E-state index in [-0.39, 0.29) is 5.69 Å². The van der Waals surface area contributed by atoms with E-state index in [4.69, 9.17) is 0 Å². The monoisotopic (exact) mass is 315 g/mol. The molecular weight excluding hydrogens is 294 g/mol. The lowest BCUT2D eigenvalue weighted by Crippen LogP contribution is -2.34. The molecule has 3 rings (SSSR count). The van der Waals surface area contributed by atoms with Crippen molar-refractivity contribution < 1.29 is 9.90 Å². The summed E-state index contributed by atoms with van der Waals surface area (Å²) in [5.41, 5.74) is 4.21. The van der Waals surface area contributed by atoms with Gasteiger partial charge in [0.1, 0.15) is 11.9 Å². The predicted molar refractivity (Wildman–Crippen MR) is 85.9 cm³/mol. The van der Waals surface area contributed by atoms with Gasteiger partial charge in [0.05, 0.1) is 6.54 Å². The Kier molecular flexibility index (Phi) is 3.83. The lowest BCUT2D eigenvalue weighted by Gasteiger charge is -2.19. The summed E-state index contributed by atoms with van der Waals surface area (Å²) < 4.78 is 2.75. The Morgan fingerprint density at radius 3 is 2.65 bits per heavy atom. The zero-order valence-electron chi connectivity index (χ0n) is 13.7. The molecule has 2 aromatic rings. The number of rotatable bonds is 3. The van der Waals surface area contributed by atoms with E-state index in [1.165, 1.54) is 20.4 Å². The Bertz CT molecular complexity index is 832. The Balaban J connectivity index is 2.02. The maximum atomic E-state index is 12.6. The number of benzene rings is 1. The SMILES string of the molecule is Cc1cc(C)c(Cn2nc3n(c2=O)[C@@H](C(=O)O)CCC3)cc1C. The van der Waals surface area contributed by atoms with E-state index in [0.717, 1.165) is 17.5 Å². The molecule has 0 fully saturated rings. The van der Waals surface area contributed by atoms with E-state index in [9.17, 15) is 14.7 Å². The highest BCUT2D eigenvalue weighted by Gasteiger charge is 2.30. The van der Waals surface area contributed by atoms with Crippen LogP contribution in [0.15, 0.2) is 16.9 Å². The summed E-state index contributed by atoms with van der Waals surface area (Å²) in [5.74, 6) is -0.384. The van der Waals surface area contributed by atoms with Crippen molar-refractivity contribution in [1.29, 1.82) is 0 Å². The second kappa shape index (κ2) is 5.68. The van der Waals surface area contributed by atoms with Crippen LogP contribution in [0.4, 0.5) is 0 Å². The van der Waals surface area contributed by atoms with Crippen LogP contribution in [0.25, 0.3) is 0 Å². The molecule has 122 valence electrons. The second-order valence-corrected chi connectivity index (χ2v) is 6.34. The molecule has 0 radical (unpaired) electrons. The minimum atomic E-state index is -0.963. The third-order valence-corrected chi connectivity index (χ3v) is 4.69. The van der Waals surface area contributed by atoms with Crippen molar-refractivity contribution in [3.05, 3.63) is 50.7 Å². The first-order valence-corrected chi connectivity index (χ1v) is 7.86. The lowest BCUT2D eigenvalue weighted by molar-refractivity contribution is -0.141. The molecule has 6 heteroatoms. The van der Waals surface area contributed by atoms with E-state index in [0.29, 0.717) is 25.2 Å². The average Bonchev–Trinajstić information content (AvgIpc) is 2.81. The molecule has 6 nitrogen and oxygen atoms in total. The van der Waals surface area contributed by atoms with E-state index in [1.54, 1.807) is 0 Å². The number of carboxylic acids is 1. The Morgan fingerprint density at radius 2 is 1.96 bits per heavy atom. The van der Waals surface area contributed by atoms with Gasteiger partial charge in [0.2, 0.25) is 0 Å². The number of hydrogen-bond donors (Lipinski definition) is 1. The summed E-state index contributed by atoms with van der Waals surface area (Å²) in [7, 11) is 0. The fourth-order valence-corrected chi connectivity index (χ4v) is 3.22. The first-order valence-electron chi connectivity index (χ1n) is 7.86. The molecule has 1 aromatic carbocycles. The van der Waals surface area contributed by atoms with Crippen LogP contribution in [0, 0.1) is 20.8 Å². The summed E-state index contributed by atoms with van der Waals surface area (Å²) in [6.45, 7) is 6.49. The van der Waals surface area contributed by atoms with Gasteiger partial charge >= 0.3 is 11.7 Å². The maximum absolute atomic E-state index is 12.6. The quantitative estimate of drug-likeness (QED) is 0.939. The highest BCUT2D eigenvalue weighted by molar-refractivity contribution is 5.72. The van der Waals surface area contributed by atoms with Crippen molar-refractivity contribution in [2.45, 2.75) is 52.6 Å². The van der Waals surface area contributed by atoms with Gasteiger partial charge in [-0.05, 0) is 55.9 Å². The van der Waals surface area contributed by atoms with Gasteiger partial charge in [0.25, 0.3) is 0 Å². The van der Waals surface area contributed by atoms with Crippen LogP contribution in [0.2, 0.25) is 0 Å². The zero-order chi connectivity index (χ0) is 16.7. The molecule has 0 unspecified atom stereocenters. The van der Waals surface area contributed by atoms with Gasteiger partial charge in [0.15, 0.2) is 0 Å². The highest BCUT2D eigenvalue weighted by atomic mass is 16.4. The molecule has 0 saturated heterocycles. The summed E-state index contributed by atoms with van der Waals surface area (Å²) >= 11 is 0. The number of carbonyl (C=O) groups is 1. The van der Waals surface area contributed by atoms with Crippen LogP contribution in [-0.2, 0) is 17.8 Å². The molecule has 23 heavy (non-hydrogen) atoms. The standard InChI is InChI=1S/C17H21N3O3/c1-10-7-12(3)13(8-11(10)2)9-19-17(23)20-14(16(21)22)5-4-6-15(20)18-19/h7-8,14H,4-6,9H2,1-3H3,(H,21,22)/t14-/m1/s1. The van der Waals surface area contributed by atoms with Crippen molar-refractivity contribution in [3.8, 4) is 0 Å². The topological polar surface area (TPSA) is 77.1 Å².